The predicted molar refractivity (Wildman–Crippen MR) is 61.8 cm³/mol. The van der Waals surface area contributed by atoms with Crippen LogP contribution in [0.1, 0.15) is 16.2 Å². The summed E-state index contributed by atoms with van der Waals surface area (Å²) in [5, 5.41) is 0. The molecule has 2 N–H and O–H groups in total. The SMILES string of the molecule is Cc1ccc(Oc2cnc(C(N)=O)nc2)cc1. The number of nitrogens with two attached hydrogens (primary N) is 1. The van der Waals surface area contributed by atoms with Gasteiger partial charge >= 0.3 is 0 Å². The Hall–Kier alpha value is -2.43. The van der Waals surface area contributed by atoms with E-state index in [4.69, 9.17) is 10.5 Å². The first kappa shape index (κ1) is 11.1. The Morgan fingerprint density at radius 3 is 2.24 bits per heavy atom. The molecule has 0 bridgehead atoms. The highest BCUT2D eigenvalue weighted by Gasteiger charge is 2.04. The molecule has 2 aromatic rings. The summed E-state index contributed by atoms with van der Waals surface area (Å²) in [5.41, 5.74) is 6.18. The monoisotopic (exact) mass is 229 g/mol. The lowest BCUT2D eigenvalue weighted by Gasteiger charge is -2.04. The minimum Gasteiger partial charge on any atom is -0.454 e. The van der Waals surface area contributed by atoms with Gasteiger partial charge in [0.25, 0.3) is 5.91 Å². The molecule has 17 heavy (non-hydrogen) atoms. The standard InChI is InChI=1S/C12H11N3O2/c1-8-2-4-9(5-3-8)17-10-6-14-12(11(13)16)15-7-10/h2-7H,1H3,(H2,13,16). The Morgan fingerprint density at radius 1 is 1.12 bits per heavy atom. The number of carbonyl (C=O) groups excluding carboxylic acids is 1. The average Bonchev–Trinajstić information content (AvgIpc) is 2.33. The topological polar surface area (TPSA) is 78.1 Å². The van der Waals surface area contributed by atoms with E-state index in [1.807, 2.05) is 31.2 Å². The highest BCUT2D eigenvalue weighted by atomic mass is 16.5. The number of benzene rings is 1. The second-order valence-corrected chi connectivity index (χ2v) is 3.52. The molecule has 0 spiro atoms. The number of aromatic nitrogens is 2. The quantitative estimate of drug-likeness (QED) is 0.868. The van der Waals surface area contributed by atoms with Crippen molar-refractivity contribution in [3.8, 4) is 11.5 Å². The fourth-order valence-electron chi connectivity index (χ4n) is 1.24. The van der Waals surface area contributed by atoms with E-state index < -0.39 is 5.91 Å². The van der Waals surface area contributed by atoms with Crippen LogP contribution in [0, 0.1) is 6.92 Å². The number of nitrogens with zero attached hydrogens (tertiary/aromatic N) is 2. The minimum atomic E-state index is -0.660. The van der Waals surface area contributed by atoms with Crippen LogP contribution in [0.25, 0.3) is 0 Å². The Labute approximate surface area is 98.3 Å². The van der Waals surface area contributed by atoms with Gasteiger partial charge in [-0.2, -0.15) is 0 Å². The van der Waals surface area contributed by atoms with Crippen molar-refractivity contribution >= 4 is 5.91 Å². The van der Waals surface area contributed by atoms with Gasteiger partial charge in [-0.3, -0.25) is 4.79 Å². The van der Waals surface area contributed by atoms with Crippen molar-refractivity contribution in [3.05, 3.63) is 48.0 Å². The fraction of sp³-hybridized carbons (Fsp3) is 0.0833. The molecule has 0 radical (unpaired) electrons. The van der Waals surface area contributed by atoms with Gasteiger partial charge in [0, 0.05) is 0 Å². The number of hydrogen-bond acceptors (Lipinski definition) is 4. The van der Waals surface area contributed by atoms with Gasteiger partial charge in [-0.1, -0.05) is 17.7 Å². The lowest BCUT2D eigenvalue weighted by Crippen LogP contribution is -2.14. The van der Waals surface area contributed by atoms with E-state index in [2.05, 4.69) is 9.97 Å². The average molecular weight is 229 g/mol. The second-order valence-electron chi connectivity index (χ2n) is 3.52. The molecule has 86 valence electrons. The Morgan fingerprint density at radius 2 is 1.71 bits per heavy atom. The highest BCUT2D eigenvalue weighted by molar-refractivity contribution is 5.88. The summed E-state index contributed by atoms with van der Waals surface area (Å²) in [6.07, 6.45) is 2.82. The lowest BCUT2D eigenvalue weighted by molar-refractivity contribution is 0.0990. The molecule has 1 heterocycles. The molecule has 0 aliphatic heterocycles. The van der Waals surface area contributed by atoms with E-state index >= 15 is 0 Å². The molecule has 5 nitrogen and oxygen atoms in total. The molecule has 0 saturated carbocycles. The smallest absolute Gasteiger partial charge is 0.286 e. The maximum atomic E-state index is 10.8. The third kappa shape index (κ3) is 2.78. The normalized spacial score (nSPS) is 9.94. The van der Waals surface area contributed by atoms with Crippen molar-refractivity contribution in [2.45, 2.75) is 6.92 Å². The van der Waals surface area contributed by atoms with Crippen molar-refractivity contribution in [1.82, 2.24) is 9.97 Å². The molecule has 5 heteroatoms. The summed E-state index contributed by atoms with van der Waals surface area (Å²) in [4.78, 5) is 18.3. The van der Waals surface area contributed by atoms with Gasteiger partial charge in [0.1, 0.15) is 5.75 Å². The van der Waals surface area contributed by atoms with Crippen LogP contribution in [-0.2, 0) is 0 Å². The molecular formula is C12H11N3O2. The fourth-order valence-corrected chi connectivity index (χ4v) is 1.24. The van der Waals surface area contributed by atoms with Crippen molar-refractivity contribution < 1.29 is 9.53 Å². The van der Waals surface area contributed by atoms with Crippen molar-refractivity contribution in [1.29, 1.82) is 0 Å². The van der Waals surface area contributed by atoms with E-state index in [9.17, 15) is 4.79 Å². The Bertz CT molecular complexity index is 520. The number of amides is 1. The number of primary amides is 1. The van der Waals surface area contributed by atoms with Crippen LogP contribution in [-0.4, -0.2) is 15.9 Å². The third-order valence-corrected chi connectivity index (χ3v) is 2.11. The van der Waals surface area contributed by atoms with Gasteiger partial charge in [-0.25, -0.2) is 9.97 Å². The van der Waals surface area contributed by atoms with Crippen LogP contribution in [0.5, 0.6) is 11.5 Å². The largest absolute Gasteiger partial charge is 0.454 e. The first-order valence-corrected chi connectivity index (χ1v) is 5.01. The van der Waals surface area contributed by atoms with Gasteiger partial charge in [0.15, 0.2) is 5.75 Å². The summed E-state index contributed by atoms with van der Waals surface area (Å²) in [6.45, 7) is 1.99. The molecule has 0 aliphatic rings. The number of ether oxygens (including phenoxy) is 1. The summed E-state index contributed by atoms with van der Waals surface area (Å²) in [7, 11) is 0. The lowest BCUT2D eigenvalue weighted by atomic mass is 10.2. The minimum absolute atomic E-state index is 0.0266. The van der Waals surface area contributed by atoms with Crippen molar-refractivity contribution in [2.75, 3.05) is 0 Å². The maximum absolute atomic E-state index is 10.8. The second kappa shape index (κ2) is 4.61. The zero-order valence-electron chi connectivity index (χ0n) is 9.25. The molecule has 1 aromatic carbocycles. The molecule has 1 amide bonds. The summed E-state index contributed by atoms with van der Waals surface area (Å²) >= 11 is 0. The first-order chi connectivity index (χ1) is 8.15. The number of carbonyl (C=O) groups is 1. The van der Waals surface area contributed by atoms with E-state index in [0.29, 0.717) is 11.5 Å². The van der Waals surface area contributed by atoms with Crippen molar-refractivity contribution in [2.24, 2.45) is 5.73 Å². The van der Waals surface area contributed by atoms with Crippen LogP contribution >= 0.6 is 0 Å². The number of hydrogen-bond donors (Lipinski definition) is 1. The molecule has 0 fully saturated rings. The summed E-state index contributed by atoms with van der Waals surface area (Å²) in [5.74, 6) is 0.457. The molecule has 0 aliphatic carbocycles. The van der Waals surface area contributed by atoms with E-state index in [-0.39, 0.29) is 5.82 Å². The Kier molecular flexibility index (Phi) is 3.00. The zero-order chi connectivity index (χ0) is 12.3. The third-order valence-electron chi connectivity index (χ3n) is 2.11. The molecular weight excluding hydrogens is 218 g/mol. The van der Waals surface area contributed by atoms with E-state index in [1.54, 1.807) is 0 Å². The Balaban J connectivity index is 2.13. The summed E-state index contributed by atoms with van der Waals surface area (Å²) in [6, 6.07) is 7.57. The molecule has 1 aromatic heterocycles. The molecule has 2 rings (SSSR count). The van der Waals surface area contributed by atoms with E-state index in [0.717, 1.165) is 5.56 Å². The molecule has 0 saturated heterocycles. The molecule has 0 unspecified atom stereocenters. The van der Waals surface area contributed by atoms with Gasteiger partial charge in [0.05, 0.1) is 12.4 Å². The van der Waals surface area contributed by atoms with Crippen LogP contribution in [0.15, 0.2) is 36.7 Å². The predicted octanol–water partition coefficient (Wildman–Crippen LogP) is 1.68. The van der Waals surface area contributed by atoms with Crippen molar-refractivity contribution in [3.63, 3.8) is 0 Å². The molecule has 0 atom stereocenters. The van der Waals surface area contributed by atoms with E-state index in [1.165, 1.54) is 12.4 Å². The van der Waals surface area contributed by atoms with Crippen LogP contribution in [0.2, 0.25) is 0 Å². The first-order valence-electron chi connectivity index (χ1n) is 5.01. The van der Waals surface area contributed by atoms with Gasteiger partial charge in [0.2, 0.25) is 5.82 Å². The maximum Gasteiger partial charge on any atom is 0.286 e. The zero-order valence-corrected chi connectivity index (χ0v) is 9.25. The van der Waals surface area contributed by atoms with Crippen LogP contribution in [0.3, 0.4) is 0 Å². The van der Waals surface area contributed by atoms with Gasteiger partial charge in [-0.15, -0.1) is 0 Å². The number of rotatable bonds is 3. The van der Waals surface area contributed by atoms with Crippen LogP contribution < -0.4 is 10.5 Å². The van der Waals surface area contributed by atoms with Gasteiger partial charge in [-0.05, 0) is 19.1 Å². The van der Waals surface area contributed by atoms with Gasteiger partial charge < -0.3 is 10.5 Å². The van der Waals surface area contributed by atoms with Crippen LogP contribution in [0.4, 0.5) is 0 Å². The summed E-state index contributed by atoms with van der Waals surface area (Å²) < 4.78 is 5.49. The number of aryl methyl sites for hydroxylation is 1. The highest BCUT2D eigenvalue weighted by Crippen LogP contribution is 2.19.